The largest absolute Gasteiger partial charge is 0.395 e. The van der Waals surface area contributed by atoms with Gasteiger partial charge >= 0.3 is 0 Å². The number of alkyl halides is 1. The molecule has 6 atom stereocenters. The number of rotatable bonds is 9. The summed E-state index contributed by atoms with van der Waals surface area (Å²) < 4.78 is 6.52. The van der Waals surface area contributed by atoms with Crippen LogP contribution in [0.4, 0.5) is 0 Å². The molecular weight excluding hydrogens is 502 g/mol. The first-order valence-electron chi connectivity index (χ1n) is 12.3. The zero-order valence-corrected chi connectivity index (χ0v) is 21.5. The molecule has 1 N–H and O–H groups in total. The van der Waals surface area contributed by atoms with Crippen LogP contribution in [-0.4, -0.2) is 99.4 Å². The highest BCUT2D eigenvalue weighted by molar-refractivity contribution is 9.09. The normalized spacial score (nSPS) is 34.7. The predicted molar refractivity (Wildman–Crippen MR) is 131 cm³/mol. The Morgan fingerprint density at radius 2 is 1.88 bits per heavy atom. The van der Waals surface area contributed by atoms with Crippen molar-refractivity contribution in [3.05, 3.63) is 25.3 Å². The number of ether oxygens (including phenoxy) is 1. The van der Waals surface area contributed by atoms with Crippen molar-refractivity contribution < 1.29 is 24.2 Å². The van der Waals surface area contributed by atoms with E-state index >= 15 is 0 Å². The lowest BCUT2D eigenvalue weighted by Gasteiger charge is -2.40. The molecule has 3 unspecified atom stereocenters. The van der Waals surface area contributed by atoms with E-state index in [2.05, 4.69) is 29.1 Å². The van der Waals surface area contributed by atoms with Gasteiger partial charge in [0.15, 0.2) is 0 Å². The summed E-state index contributed by atoms with van der Waals surface area (Å²) in [5.74, 6) is -2.05. The summed E-state index contributed by atoms with van der Waals surface area (Å²) in [6.07, 6.45) is 8.50. The molecule has 0 aromatic rings. The van der Waals surface area contributed by atoms with Gasteiger partial charge in [-0.2, -0.15) is 0 Å². The number of carbonyl (C=O) groups is 3. The highest BCUT2D eigenvalue weighted by Gasteiger charge is 2.76. The molecule has 8 nitrogen and oxygen atoms in total. The van der Waals surface area contributed by atoms with E-state index in [1.807, 2.05) is 4.90 Å². The van der Waals surface area contributed by atoms with E-state index < -0.39 is 29.6 Å². The Labute approximate surface area is 210 Å². The summed E-state index contributed by atoms with van der Waals surface area (Å²) in [6, 6.07) is -0.776. The molecule has 9 heteroatoms. The Hall–Kier alpha value is -1.71. The van der Waals surface area contributed by atoms with E-state index in [-0.39, 0.29) is 41.7 Å². The highest BCUT2D eigenvalue weighted by atomic mass is 79.9. The molecule has 0 aromatic heterocycles. The highest BCUT2D eigenvalue weighted by Crippen LogP contribution is 2.60. The minimum absolute atomic E-state index is 0.0322. The first-order chi connectivity index (χ1) is 16.3. The molecule has 1 saturated carbocycles. The standard InChI is InChI=1S/C25H36BrN3O5/c1-4-11-27(3)22(31)18-19-23(32)29(13-14-30)21(25(19)15-17(26)20(18)34-25)24(33)28(12-5-2)16-9-7-6-8-10-16/h4-5,16-21,30H,1-2,6-15H2,3H3/t17?,18-,19+,20-,21?,25?/m1/s1. The molecule has 34 heavy (non-hydrogen) atoms. The molecule has 3 heterocycles. The van der Waals surface area contributed by atoms with E-state index in [1.54, 1.807) is 24.1 Å². The van der Waals surface area contributed by atoms with E-state index in [0.717, 1.165) is 32.1 Å². The van der Waals surface area contributed by atoms with Gasteiger partial charge in [0.25, 0.3) is 0 Å². The number of likely N-dealkylation sites (tertiary alicyclic amines) is 1. The van der Waals surface area contributed by atoms with Gasteiger partial charge in [0.2, 0.25) is 17.7 Å². The number of aliphatic hydroxyl groups excluding tert-OH is 1. The summed E-state index contributed by atoms with van der Waals surface area (Å²) in [5, 5.41) is 9.78. The van der Waals surface area contributed by atoms with Gasteiger partial charge in [0.05, 0.1) is 24.5 Å². The number of carbonyl (C=O) groups excluding carboxylic acids is 3. The van der Waals surface area contributed by atoms with Crippen molar-refractivity contribution in [3.63, 3.8) is 0 Å². The number of β-amino-alcohol motifs (C(OH)–C–C–N with tert-alkyl or cyclic N) is 1. The predicted octanol–water partition coefficient (Wildman–Crippen LogP) is 1.72. The van der Waals surface area contributed by atoms with Gasteiger partial charge < -0.3 is 24.5 Å². The fraction of sp³-hybridized carbons (Fsp3) is 0.720. The van der Waals surface area contributed by atoms with Gasteiger partial charge in [0.1, 0.15) is 11.6 Å². The fourth-order valence-corrected chi connectivity index (χ4v) is 7.63. The first-order valence-corrected chi connectivity index (χ1v) is 13.2. The van der Waals surface area contributed by atoms with Gasteiger partial charge in [-0.1, -0.05) is 47.3 Å². The van der Waals surface area contributed by atoms with Crippen LogP contribution in [0.3, 0.4) is 0 Å². The number of fused-ring (bicyclic) bond motifs is 1. The maximum absolute atomic E-state index is 14.2. The third kappa shape index (κ3) is 3.93. The quantitative estimate of drug-likeness (QED) is 0.357. The molecule has 188 valence electrons. The van der Waals surface area contributed by atoms with Gasteiger partial charge in [-0.25, -0.2) is 0 Å². The number of likely N-dealkylation sites (N-methyl/N-ethyl adjacent to an activating group) is 1. The van der Waals surface area contributed by atoms with Crippen LogP contribution in [0.25, 0.3) is 0 Å². The second-order valence-electron chi connectivity index (χ2n) is 10.00. The van der Waals surface area contributed by atoms with Crippen molar-refractivity contribution in [2.45, 2.75) is 67.1 Å². The molecular formula is C25H36BrN3O5. The van der Waals surface area contributed by atoms with Crippen LogP contribution in [0.2, 0.25) is 0 Å². The zero-order valence-electron chi connectivity index (χ0n) is 19.9. The number of hydrogen-bond acceptors (Lipinski definition) is 5. The van der Waals surface area contributed by atoms with Crippen molar-refractivity contribution in [2.75, 3.05) is 33.3 Å². The fourth-order valence-electron chi connectivity index (χ4n) is 6.69. The first kappa shape index (κ1) is 25.4. The van der Waals surface area contributed by atoms with Crippen molar-refractivity contribution in [1.29, 1.82) is 0 Å². The Morgan fingerprint density at radius 1 is 1.21 bits per heavy atom. The minimum Gasteiger partial charge on any atom is -0.395 e. The maximum Gasteiger partial charge on any atom is 0.248 e. The summed E-state index contributed by atoms with van der Waals surface area (Å²) in [6.45, 7) is 8.10. The minimum atomic E-state index is -1.09. The summed E-state index contributed by atoms with van der Waals surface area (Å²) in [5.41, 5.74) is -1.09. The maximum atomic E-state index is 14.2. The van der Waals surface area contributed by atoms with Crippen LogP contribution in [0.5, 0.6) is 0 Å². The van der Waals surface area contributed by atoms with Crippen molar-refractivity contribution in [2.24, 2.45) is 11.8 Å². The van der Waals surface area contributed by atoms with Gasteiger partial charge in [-0.05, 0) is 19.3 Å². The summed E-state index contributed by atoms with van der Waals surface area (Å²) in [4.78, 5) is 46.1. The van der Waals surface area contributed by atoms with Crippen LogP contribution in [-0.2, 0) is 19.1 Å². The van der Waals surface area contributed by atoms with Gasteiger partial charge in [-0.15, -0.1) is 13.2 Å². The van der Waals surface area contributed by atoms with Gasteiger partial charge in [-0.3, -0.25) is 14.4 Å². The van der Waals surface area contributed by atoms with Gasteiger partial charge in [0, 0.05) is 37.6 Å². The topological polar surface area (TPSA) is 90.4 Å². The molecule has 1 aliphatic carbocycles. The van der Waals surface area contributed by atoms with E-state index in [0.29, 0.717) is 19.5 Å². The monoisotopic (exact) mass is 537 g/mol. The van der Waals surface area contributed by atoms with Crippen molar-refractivity contribution >= 4 is 33.7 Å². The average Bonchev–Trinajstić information content (AvgIpc) is 3.41. The Kier molecular flexibility index (Phi) is 7.55. The van der Waals surface area contributed by atoms with Crippen LogP contribution in [0, 0.1) is 11.8 Å². The SMILES string of the molecule is C=CCN(C)C(=O)[C@H]1[C@@H]2OC3(CC2Br)C(C(=O)N(CC=C)C2CCCCC2)N(CCO)C(=O)[C@H]13. The lowest BCUT2D eigenvalue weighted by atomic mass is 9.70. The lowest BCUT2D eigenvalue weighted by Crippen LogP contribution is -2.59. The van der Waals surface area contributed by atoms with Crippen LogP contribution >= 0.6 is 15.9 Å². The summed E-state index contributed by atoms with van der Waals surface area (Å²) >= 11 is 3.69. The van der Waals surface area contributed by atoms with E-state index in [9.17, 15) is 19.5 Å². The van der Waals surface area contributed by atoms with E-state index in [4.69, 9.17) is 4.74 Å². The van der Waals surface area contributed by atoms with Crippen molar-refractivity contribution in [1.82, 2.24) is 14.7 Å². The Morgan fingerprint density at radius 3 is 2.50 bits per heavy atom. The molecule has 0 radical (unpaired) electrons. The third-order valence-electron chi connectivity index (χ3n) is 8.05. The number of amides is 3. The lowest BCUT2D eigenvalue weighted by molar-refractivity contribution is -0.150. The number of aliphatic hydroxyl groups is 1. The molecule has 4 fully saturated rings. The molecule has 2 bridgehead atoms. The Balaban J connectivity index is 1.73. The average molecular weight is 538 g/mol. The smallest absolute Gasteiger partial charge is 0.248 e. The number of halogens is 1. The van der Waals surface area contributed by atoms with E-state index in [1.165, 1.54) is 4.90 Å². The second kappa shape index (κ2) is 10.1. The van der Waals surface area contributed by atoms with Crippen LogP contribution in [0.1, 0.15) is 38.5 Å². The number of nitrogens with zero attached hydrogens (tertiary/aromatic N) is 3. The number of hydrogen-bond donors (Lipinski definition) is 1. The molecule has 4 rings (SSSR count). The molecule has 3 saturated heterocycles. The Bertz CT molecular complexity index is 846. The molecule has 4 aliphatic rings. The van der Waals surface area contributed by atoms with Crippen LogP contribution < -0.4 is 0 Å². The zero-order chi connectivity index (χ0) is 24.6. The molecule has 3 amide bonds. The molecule has 0 aromatic carbocycles. The molecule has 3 aliphatic heterocycles. The second-order valence-corrected chi connectivity index (χ2v) is 11.2. The van der Waals surface area contributed by atoms with Crippen LogP contribution in [0.15, 0.2) is 25.3 Å². The summed E-state index contributed by atoms with van der Waals surface area (Å²) in [7, 11) is 1.69. The third-order valence-corrected chi connectivity index (χ3v) is 8.90. The molecule has 1 spiro atoms. The van der Waals surface area contributed by atoms with Crippen molar-refractivity contribution in [3.8, 4) is 0 Å².